The molecule has 1 heterocycles. The highest BCUT2D eigenvalue weighted by molar-refractivity contribution is 8.26. The molecule has 0 amide bonds. The predicted molar refractivity (Wildman–Crippen MR) is 72.1 cm³/mol. The van der Waals surface area contributed by atoms with Crippen LogP contribution in [0.25, 0.3) is 0 Å². The van der Waals surface area contributed by atoms with Gasteiger partial charge >= 0.3 is 0 Å². The van der Waals surface area contributed by atoms with Crippen LogP contribution >= 0.6 is 23.5 Å². The number of carbonyl (C=O) groups is 1. The largest absolute Gasteiger partial charge is 0.280 e. The summed E-state index contributed by atoms with van der Waals surface area (Å²) in [6, 6.07) is 10.0. The van der Waals surface area contributed by atoms with Gasteiger partial charge < -0.3 is 0 Å². The Hall–Kier alpha value is -0.740. The van der Waals surface area contributed by atoms with E-state index in [0.717, 1.165) is 11.3 Å². The Morgan fingerprint density at radius 1 is 1.38 bits per heavy atom. The van der Waals surface area contributed by atoms with Crippen molar-refractivity contribution in [2.75, 3.05) is 5.75 Å². The first-order valence-electron chi connectivity index (χ1n) is 5.23. The Morgan fingerprint density at radius 3 is 2.81 bits per heavy atom. The van der Waals surface area contributed by atoms with Gasteiger partial charge in [-0.25, -0.2) is 0 Å². The molecule has 0 aliphatic carbocycles. The molecule has 2 nitrogen and oxygen atoms in total. The molecule has 1 aromatic carbocycles. The minimum Gasteiger partial charge on any atom is -0.280 e. The van der Waals surface area contributed by atoms with E-state index < -0.39 is 0 Å². The number of nitrogens with zero attached hydrogens (tertiary/aromatic N) is 1. The summed E-state index contributed by atoms with van der Waals surface area (Å²) in [4.78, 5) is 16.1. The zero-order valence-corrected chi connectivity index (χ0v) is 10.7. The molecule has 2 rings (SSSR count). The van der Waals surface area contributed by atoms with Gasteiger partial charge in [0.15, 0.2) is 0 Å². The van der Waals surface area contributed by atoms with E-state index in [-0.39, 0.29) is 9.82 Å². The lowest BCUT2D eigenvalue weighted by Crippen LogP contribution is -2.08. The van der Waals surface area contributed by atoms with E-state index in [9.17, 15) is 4.79 Å². The van der Waals surface area contributed by atoms with Crippen LogP contribution in [0.2, 0.25) is 0 Å². The van der Waals surface area contributed by atoms with E-state index >= 15 is 0 Å². The summed E-state index contributed by atoms with van der Waals surface area (Å²) in [7, 11) is 0. The van der Waals surface area contributed by atoms with Crippen LogP contribution in [0.5, 0.6) is 0 Å². The van der Waals surface area contributed by atoms with Gasteiger partial charge in [-0.2, -0.15) is 0 Å². The van der Waals surface area contributed by atoms with Crippen molar-refractivity contribution in [1.82, 2.24) is 0 Å². The van der Waals surface area contributed by atoms with Gasteiger partial charge in [0.2, 0.25) is 5.12 Å². The van der Waals surface area contributed by atoms with Gasteiger partial charge in [0.1, 0.15) is 4.71 Å². The molecule has 4 heteroatoms. The minimum atomic E-state index is 0.0798. The molecular formula is C12H13NOS2. The highest BCUT2D eigenvalue weighted by Gasteiger charge is 2.26. The lowest BCUT2D eigenvalue weighted by Gasteiger charge is -1.99. The van der Waals surface area contributed by atoms with Crippen LogP contribution in [-0.4, -0.2) is 21.3 Å². The van der Waals surface area contributed by atoms with Crippen LogP contribution in [-0.2, 0) is 11.2 Å². The second kappa shape index (κ2) is 5.55. The van der Waals surface area contributed by atoms with Crippen molar-refractivity contribution >= 4 is 34.4 Å². The van der Waals surface area contributed by atoms with Gasteiger partial charge in [0, 0.05) is 6.42 Å². The van der Waals surface area contributed by atoms with Gasteiger partial charge in [0.05, 0.1) is 5.71 Å². The van der Waals surface area contributed by atoms with E-state index in [1.165, 1.54) is 11.8 Å². The predicted octanol–water partition coefficient (Wildman–Crippen LogP) is 2.98. The summed E-state index contributed by atoms with van der Waals surface area (Å²) in [5.41, 5.74) is 1.86. The van der Waals surface area contributed by atoms with Crippen molar-refractivity contribution in [3.05, 3.63) is 35.9 Å². The van der Waals surface area contributed by atoms with Crippen molar-refractivity contribution in [1.29, 1.82) is 0 Å². The Bertz CT molecular complexity index is 403. The summed E-state index contributed by atoms with van der Waals surface area (Å²) < 4.78 is 0.0798. The van der Waals surface area contributed by atoms with E-state index in [4.69, 9.17) is 0 Å². The lowest BCUT2D eigenvalue weighted by atomic mass is 10.1. The second-order valence-electron chi connectivity index (χ2n) is 3.41. The van der Waals surface area contributed by atoms with Gasteiger partial charge in [-0.15, -0.1) is 11.8 Å². The van der Waals surface area contributed by atoms with Crippen molar-refractivity contribution in [3.63, 3.8) is 0 Å². The average molecular weight is 251 g/mol. The summed E-state index contributed by atoms with van der Waals surface area (Å²) in [6.45, 7) is 2.08. The SMILES string of the molecule is CCSC1N=C(Cc2ccccc2)C(=O)S1. The maximum atomic E-state index is 11.7. The quantitative estimate of drug-likeness (QED) is 0.824. The number of thioether (sulfide) groups is 2. The van der Waals surface area contributed by atoms with Crippen molar-refractivity contribution < 1.29 is 4.79 Å². The highest BCUT2D eigenvalue weighted by Crippen LogP contribution is 2.31. The molecule has 0 saturated carbocycles. The second-order valence-corrected chi connectivity index (χ2v) is 6.11. The van der Waals surface area contributed by atoms with Gasteiger partial charge in [-0.3, -0.25) is 9.79 Å². The number of rotatable bonds is 4. The number of aliphatic imine (C=N–C) groups is 1. The molecule has 0 fully saturated rings. The van der Waals surface area contributed by atoms with Crippen LogP contribution in [0.1, 0.15) is 12.5 Å². The lowest BCUT2D eigenvalue weighted by molar-refractivity contribution is -0.105. The summed E-state index contributed by atoms with van der Waals surface area (Å²) in [6.07, 6.45) is 0.660. The van der Waals surface area contributed by atoms with Crippen LogP contribution < -0.4 is 0 Å². The zero-order chi connectivity index (χ0) is 11.4. The monoisotopic (exact) mass is 251 g/mol. The molecule has 0 aromatic heterocycles. The van der Waals surface area contributed by atoms with Gasteiger partial charge in [-0.1, -0.05) is 37.3 Å². The maximum absolute atomic E-state index is 11.7. The molecular weight excluding hydrogens is 238 g/mol. The molecule has 1 atom stereocenters. The standard InChI is InChI=1S/C12H13NOS2/c1-2-15-12-13-10(11(14)16-12)8-9-6-4-3-5-7-9/h3-7,12H,2,8H2,1H3. The zero-order valence-electron chi connectivity index (χ0n) is 9.05. The van der Waals surface area contributed by atoms with Gasteiger partial charge in [0.25, 0.3) is 0 Å². The van der Waals surface area contributed by atoms with E-state index in [1.807, 2.05) is 30.3 Å². The average Bonchev–Trinajstić information content (AvgIpc) is 2.61. The van der Waals surface area contributed by atoms with Crippen LogP contribution in [0.4, 0.5) is 0 Å². The summed E-state index contributed by atoms with van der Waals surface area (Å²) in [5.74, 6) is 0.993. The molecule has 0 spiro atoms. The molecule has 1 aliphatic rings. The maximum Gasteiger partial charge on any atom is 0.236 e. The Balaban J connectivity index is 2.05. The van der Waals surface area contributed by atoms with E-state index in [1.54, 1.807) is 11.8 Å². The molecule has 1 aliphatic heterocycles. The van der Waals surface area contributed by atoms with Crippen molar-refractivity contribution in [2.45, 2.75) is 18.1 Å². The first-order valence-corrected chi connectivity index (χ1v) is 7.15. The normalized spacial score (nSPS) is 19.9. The first-order chi connectivity index (χ1) is 7.79. The molecule has 1 aromatic rings. The summed E-state index contributed by atoms with van der Waals surface area (Å²) >= 11 is 3.05. The highest BCUT2D eigenvalue weighted by atomic mass is 32.2. The number of hydrogen-bond acceptors (Lipinski definition) is 4. The summed E-state index contributed by atoms with van der Waals surface area (Å²) in [5, 5.41) is 0.134. The van der Waals surface area contributed by atoms with E-state index in [0.29, 0.717) is 12.1 Å². The fraction of sp³-hybridized carbons (Fsp3) is 0.333. The third-order valence-corrected chi connectivity index (χ3v) is 4.41. The van der Waals surface area contributed by atoms with Crippen LogP contribution in [0, 0.1) is 0 Å². The molecule has 0 saturated heterocycles. The first kappa shape index (κ1) is 11.7. The number of hydrogen-bond donors (Lipinski definition) is 0. The third kappa shape index (κ3) is 2.89. The van der Waals surface area contributed by atoms with Crippen LogP contribution in [0.3, 0.4) is 0 Å². The van der Waals surface area contributed by atoms with Gasteiger partial charge in [-0.05, 0) is 23.1 Å². The van der Waals surface area contributed by atoms with Crippen molar-refractivity contribution in [2.24, 2.45) is 4.99 Å². The Kier molecular flexibility index (Phi) is 4.07. The fourth-order valence-electron chi connectivity index (χ4n) is 1.49. The number of benzene rings is 1. The topological polar surface area (TPSA) is 29.4 Å². The molecule has 16 heavy (non-hydrogen) atoms. The van der Waals surface area contributed by atoms with Crippen molar-refractivity contribution in [3.8, 4) is 0 Å². The molecule has 0 N–H and O–H groups in total. The Morgan fingerprint density at radius 2 is 2.12 bits per heavy atom. The van der Waals surface area contributed by atoms with Crippen LogP contribution in [0.15, 0.2) is 35.3 Å². The molecule has 0 bridgehead atoms. The molecule has 1 unspecified atom stereocenters. The minimum absolute atomic E-state index is 0.0798. The van der Waals surface area contributed by atoms with E-state index in [2.05, 4.69) is 11.9 Å². The fourth-order valence-corrected chi connectivity index (χ4v) is 3.54. The molecule has 0 radical (unpaired) electrons. The molecule has 84 valence electrons. The number of carbonyl (C=O) groups excluding carboxylic acids is 1. The third-order valence-electron chi connectivity index (χ3n) is 2.23. The smallest absolute Gasteiger partial charge is 0.236 e. The Labute approximate surface area is 104 Å².